The first-order valence-corrected chi connectivity index (χ1v) is 12.2. The molecule has 194 valence electrons. The van der Waals surface area contributed by atoms with Crippen LogP contribution in [0.5, 0.6) is 11.5 Å². The van der Waals surface area contributed by atoms with Crippen molar-refractivity contribution in [3.8, 4) is 17.3 Å². The number of hydrogen-bond donors (Lipinski definition) is 1. The van der Waals surface area contributed by atoms with E-state index in [9.17, 15) is 9.59 Å². The van der Waals surface area contributed by atoms with Gasteiger partial charge in [0.05, 0.1) is 0 Å². The SMILES string of the molecule is CCC(C)OC(=O)N1CCN(c2cc(-n3ccnc3)ncn2)CC1C(=O)NCc1ccc2c(c1)OCO2. The second-order valence-electron chi connectivity index (χ2n) is 8.87. The summed E-state index contributed by atoms with van der Waals surface area (Å²) in [5.41, 5.74) is 0.861. The monoisotopic (exact) mass is 507 g/mol. The number of imidazole rings is 1. The molecule has 2 aliphatic rings. The molecule has 0 bridgehead atoms. The van der Waals surface area contributed by atoms with Gasteiger partial charge in [-0.25, -0.2) is 19.7 Å². The van der Waals surface area contributed by atoms with Gasteiger partial charge in [-0.05, 0) is 31.0 Å². The number of fused-ring (bicyclic) bond motifs is 1. The number of amides is 2. The lowest BCUT2D eigenvalue weighted by Gasteiger charge is -2.40. The van der Waals surface area contributed by atoms with Crippen LogP contribution in [0.3, 0.4) is 0 Å². The van der Waals surface area contributed by atoms with E-state index < -0.39 is 12.1 Å². The van der Waals surface area contributed by atoms with Gasteiger partial charge in [0.2, 0.25) is 12.7 Å². The van der Waals surface area contributed by atoms with Gasteiger partial charge >= 0.3 is 6.09 Å². The number of rotatable bonds is 7. The van der Waals surface area contributed by atoms with Crippen LogP contribution in [0, 0.1) is 0 Å². The van der Waals surface area contributed by atoms with Gasteiger partial charge in [-0.3, -0.25) is 14.3 Å². The number of carbonyl (C=O) groups is 2. The van der Waals surface area contributed by atoms with E-state index >= 15 is 0 Å². The fourth-order valence-electron chi connectivity index (χ4n) is 4.16. The Morgan fingerprint density at radius 3 is 2.81 bits per heavy atom. The third-order valence-corrected chi connectivity index (χ3v) is 6.43. The van der Waals surface area contributed by atoms with Gasteiger partial charge in [-0.2, -0.15) is 0 Å². The Bertz CT molecular complexity index is 1250. The Balaban J connectivity index is 1.32. The smallest absolute Gasteiger partial charge is 0.410 e. The molecule has 1 aromatic carbocycles. The van der Waals surface area contributed by atoms with Crippen molar-refractivity contribution in [2.24, 2.45) is 0 Å². The number of nitrogens with zero attached hydrogens (tertiary/aromatic N) is 6. The molecule has 5 rings (SSSR count). The van der Waals surface area contributed by atoms with Crippen molar-refractivity contribution >= 4 is 17.8 Å². The van der Waals surface area contributed by atoms with Crippen LogP contribution in [-0.4, -0.2) is 75.0 Å². The summed E-state index contributed by atoms with van der Waals surface area (Å²) in [6.07, 6.45) is 6.53. The average Bonchev–Trinajstić information content (AvgIpc) is 3.63. The largest absolute Gasteiger partial charge is 0.454 e. The molecule has 0 saturated carbocycles. The summed E-state index contributed by atoms with van der Waals surface area (Å²) < 4.78 is 18.1. The van der Waals surface area contributed by atoms with E-state index in [-0.39, 0.29) is 31.9 Å². The van der Waals surface area contributed by atoms with E-state index in [1.54, 1.807) is 23.3 Å². The molecule has 2 aliphatic heterocycles. The minimum atomic E-state index is -0.772. The van der Waals surface area contributed by atoms with Crippen LogP contribution >= 0.6 is 0 Å². The Labute approximate surface area is 214 Å². The molecule has 0 aliphatic carbocycles. The number of ether oxygens (including phenoxy) is 3. The molecule has 37 heavy (non-hydrogen) atoms. The Morgan fingerprint density at radius 2 is 2.00 bits per heavy atom. The highest BCUT2D eigenvalue weighted by atomic mass is 16.7. The molecule has 0 radical (unpaired) electrons. The summed E-state index contributed by atoms with van der Waals surface area (Å²) in [6, 6.07) is 6.58. The topological polar surface area (TPSA) is 124 Å². The van der Waals surface area contributed by atoms with Gasteiger partial charge in [0.1, 0.15) is 36.4 Å². The standard InChI is InChI=1S/C25H29N7O5/c1-3-17(2)37-25(34)32-9-8-30(22-11-23(29-14-28-22)31-7-6-26-15-31)13-19(32)24(33)27-12-18-4-5-20-21(10-18)36-16-35-20/h4-7,10-11,14-15,17,19H,3,8-9,12-13,16H2,1-2H3,(H,27,33). The molecular weight excluding hydrogens is 478 g/mol. The molecular formula is C25H29N7O5. The molecule has 2 aromatic heterocycles. The normalized spacial score (nSPS) is 17.4. The van der Waals surface area contributed by atoms with E-state index in [0.717, 1.165) is 5.56 Å². The molecule has 4 heterocycles. The second-order valence-corrected chi connectivity index (χ2v) is 8.87. The Morgan fingerprint density at radius 1 is 1.16 bits per heavy atom. The first-order valence-electron chi connectivity index (χ1n) is 12.2. The fraction of sp³-hybridized carbons (Fsp3) is 0.400. The maximum atomic E-state index is 13.4. The number of benzene rings is 1. The van der Waals surface area contributed by atoms with E-state index in [4.69, 9.17) is 14.2 Å². The van der Waals surface area contributed by atoms with Crippen LogP contribution in [0.4, 0.5) is 10.6 Å². The van der Waals surface area contributed by atoms with Crippen LogP contribution < -0.4 is 19.7 Å². The predicted molar refractivity (Wildman–Crippen MR) is 133 cm³/mol. The summed E-state index contributed by atoms with van der Waals surface area (Å²) in [4.78, 5) is 42.6. The van der Waals surface area contributed by atoms with E-state index in [1.165, 1.54) is 11.2 Å². The van der Waals surface area contributed by atoms with Gasteiger partial charge in [0.25, 0.3) is 0 Å². The molecule has 2 atom stereocenters. The Hall–Kier alpha value is -4.35. The lowest BCUT2D eigenvalue weighted by Crippen LogP contribution is -2.61. The molecule has 0 spiro atoms. The number of anilines is 1. The van der Waals surface area contributed by atoms with Gasteiger partial charge < -0.3 is 24.4 Å². The zero-order valence-electron chi connectivity index (χ0n) is 20.7. The zero-order valence-corrected chi connectivity index (χ0v) is 20.7. The van der Waals surface area contributed by atoms with Crippen molar-refractivity contribution in [3.63, 3.8) is 0 Å². The van der Waals surface area contributed by atoms with Crippen molar-refractivity contribution in [1.82, 2.24) is 29.7 Å². The van der Waals surface area contributed by atoms with Crippen molar-refractivity contribution in [2.45, 2.75) is 39.0 Å². The molecule has 2 unspecified atom stereocenters. The van der Waals surface area contributed by atoms with Crippen molar-refractivity contribution in [2.75, 3.05) is 31.3 Å². The number of hydrogen-bond acceptors (Lipinski definition) is 9. The quantitative estimate of drug-likeness (QED) is 0.512. The molecule has 12 heteroatoms. The van der Waals surface area contributed by atoms with Gasteiger partial charge in [0, 0.05) is 44.6 Å². The third kappa shape index (κ3) is 5.42. The predicted octanol–water partition coefficient (Wildman–Crippen LogP) is 2.13. The minimum absolute atomic E-state index is 0.182. The molecule has 1 N–H and O–H groups in total. The first-order chi connectivity index (χ1) is 18.0. The van der Waals surface area contributed by atoms with Crippen molar-refractivity contribution in [3.05, 3.63) is 54.9 Å². The van der Waals surface area contributed by atoms with Gasteiger partial charge in [-0.1, -0.05) is 13.0 Å². The summed E-state index contributed by atoms with van der Waals surface area (Å²) >= 11 is 0. The van der Waals surface area contributed by atoms with E-state index in [1.807, 2.05) is 43.0 Å². The lowest BCUT2D eigenvalue weighted by molar-refractivity contribution is -0.126. The van der Waals surface area contributed by atoms with Crippen LogP contribution in [0.1, 0.15) is 25.8 Å². The average molecular weight is 508 g/mol. The highest BCUT2D eigenvalue weighted by molar-refractivity contribution is 5.87. The third-order valence-electron chi connectivity index (χ3n) is 6.43. The molecule has 2 amide bonds. The summed E-state index contributed by atoms with van der Waals surface area (Å²) in [6.45, 7) is 5.28. The summed E-state index contributed by atoms with van der Waals surface area (Å²) in [5.74, 6) is 2.35. The van der Waals surface area contributed by atoms with Gasteiger partial charge in [-0.15, -0.1) is 0 Å². The van der Waals surface area contributed by atoms with Crippen molar-refractivity contribution in [1.29, 1.82) is 0 Å². The number of piperazine rings is 1. The van der Waals surface area contributed by atoms with Crippen molar-refractivity contribution < 1.29 is 23.8 Å². The second kappa shape index (κ2) is 10.7. The lowest BCUT2D eigenvalue weighted by atomic mass is 10.1. The highest BCUT2D eigenvalue weighted by Gasteiger charge is 2.37. The zero-order chi connectivity index (χ0) is 25.8. The van der Waals surface area contributed by atoms with E-state index in [0.29, 0.717) is 42.6 Å². The fourth-order valence-corrected chi connectivity index (χ4v) is 4.16. The summed E-state index contributed by atoms with van der Waals surface area (Å²) in [5, 5.41) is 2.96. The number of carbonyl (C=O) groups excluding carboxylic acids is 2. The number of aromatic nitrogens is 4. The molecule has 12 nitrogen and oxygen atoms in total. The maximum absolute atomic E-state index is 13.4. The van der Waals surface area contributed by atoms with Crippen LogP contribution in [0.25, 0.3) is 5.82 Å². The molecule has 1 fully saturated rings. The highest BCUT2D eigenvalue weighted by Crippen LogP contribution is 2.32. The molecule has 3 aromatic rings. The minimum Gasteiger partial charge on any atom is -0.454 e. The van der Waals surface area contributed by atoms with Gasteiger partial charge in [0.15, 0.2) is 11.5 Å². The van der Waals surface area contributed by atoms with Crippen LogP contribution in [-0.2, 0) is 16.1 Å². The number of nitrogens with one attached hydrogen (secondary N) is 1. The molecule has 1 saturated heterocycles. The van der Waals surface area contributed by atoms with E-state index in [2.05, 4.69) is 20.3 Å². The first kappa shape index (κ1) is 24.3. The maximum Gasteiger partial charge on any atom is 0.410 e. The summed E-state index contributed by atoms with van der Waals surface area (Å²) in [7, 11) is 0. The van der Waals surface area contributed by atoms with Crippen LogP contribution in [0.2, 0.25) is 0 Å². The van der Waals surface area contributed by atoms with Crippen LogP contribution in [0.15, 0.2) is 49.3 Å². The Kier molecular flexibility index (Phi) is 7.06.